The maximum absolute atomic E-state index is 13.4. The number of nitrogens with zero attached hydrogens (tertiary/aromatic N) is 2. The molecule has 4 rings (SSSR count). The molecule has 2 aromatic heterocycles. The largest absolute Gasteiger partial charge is 0.386 e. The average molecular weight is 391 g/mol. The first kappa shape index (κ1) is 18.2. The zero-order valence-corrected chi connectivity index (χ0v) is 16.6. The van der Waals surface area contributed by atoms with E-state index in [2.05, 4.69) is 27.3 Å². The molecule has 26 heavy (non-hydrogen) atoms. The topological polar surface area (TPSA) is 43.8 Å². The van der Waals surface area contributed by atoms with Gasteiger partial charge in [0.05, 0.1) is 5.41 Å². The summed E-state index contributed by atoms with van der Waals surface area (Å²) in [5.74, 6) is 0.330. The quantitative estimate of drug-likeness (QED) is 0.850. The maximum atomic E-state index is 13.4. The van der Waals surface area contributed by atoms with Crippen LogP contribution in [-0.4, -0.2) is 53.5 Å². The number of aliphatic hydroxyl groups is 1. The van der Waals surface area contributed by atoms with Crippen LogP contribution >= 0.6 is 22.7 Å². The van der Waals surface area contributed by atoms with Gasteiger partial charge in [-0.05, 0) is 35.7 Å². The van der Waals surface area contributed by atoms with E-state index < -0.39 is 6.10 Å². The molecular weight excluding hydrogens is 364 g/mol. The second-order valence-electron chi connectivity index (χ2n) is 7.39. The Kier molecular flexibility index (Phi) is 5.45. The van der Waals surface area contributed by atoms with Crippen molar-refractivity contribution < 1.29 is 9.90 Å². The first-order valence-corrected chi connectivity index (χ1v) is 11.2. The molecule has 140 valence electrons. The monoisotopic (exact) mass is 390 g/mol. The van der Waals surface area contributed by atoms with Gasteiger partial charge in [0, 0.05) is 42.5 Å². The number of rotatable bonds is 5. The van der Waals surface area contributed by atoms with Gasteiger partial charge in [-0.1, -0.05) is 25.0 Å². The number of amides is 1. The first-order chi connectivity index (χ1) is 12.7. The van der Waals surface area contributed by atoms with Crippen molar-refractivity contribution >= 4 is 28.6 Å². The Morgan fingerprint density at radius 2 is 1.77 bits per heavy atom. The third-order valence-electron chi connectivity index (χ3n) is 5.82. The summed E-state index contributed by atoms with van der Waals surface area (Å²) in [4.78, 5) is 20.0. The van der Waals surface area contributed by atoms with Gasteiger partial charge in [-0.3, -0.25) is 9.69 Å². The Bertz CT molecular complexity index is 700. The van der Waals surface area contributed by atoms with Crippen molar-refractivity contribution in [2.75, 3.05) is 32.7 Å². The molecule has 1 atom stereocenters. The Morgan fingerprint density at radius 3 is 2.38 bits per heavy atom. The predicted molar refractivity (Wildman–Crippen MR) is 107 cm³/mol. The van der Waals surface area contributed by atoms with Gasteiger partial charge in [0.15, 0.2) is 0 Å². The molecule has 2 fully saturated rings. The summed E-state index contributed by atoms with van der Waals surface area (Å²) in [5.41, 5.74) is -0.271. The molecule has 2 aliphatic rings. The molecule has 1 aliphatic heterocycles. The van der Waals surface area contributed by atoms with Gasteiger partial charge in [-0.15, -0.1) is 22.7 Å². The number of aliphatic hydroxyl groups excluding tert-OH is 1. The van der Waals surface area contributed by atoms with Gasteiger partial charge in [0.1, 0.15) is 6.10 Å². The van der Waals surface area contributed by atoms with E-state index in [1.807, 2.05) is 17.5 Å². The molecule has 1 amide bonds. The van der Waals surface area contributed by atoms with Crippen molar-refractivity contribution in [2.24, 2.45) is 0 Å². The average Bonchev–Trinajstić information content (AvgIpc) is 3.44. The highest BCUT2D eigenvalue weighted by Crippen LogP contribution is 2.44. The van der Waals surface area contributed by atoms with E-state index in [4.69, 9.17) is 0 Å². The minimum Gasteiger partial charge on any atom is -0.386 e. The summed E-state index contributed by atoms with van der Waals surface area (Å²) in [6, 6.07) is 8.17. The second kappa shape index (κ2) is 7.80. The molecule has 1 saturated heterocycles. The van der Waals surface area contributed by atoms with E-state index in [1.54, 1.807) is 22.7 Å². The van der Waals surface area contributed by atoms with Crippen molar-refractivity contribution in [3.63, 3.8) is 0 Å². The van der Waals surface area contributed by atoms with Crippen molar-refractivity contribution in [1.29, 1.82) is 0 Å². The standard InChI is InChI=1S/C20H26N2O2S2/c23-16(17-5-3-13-25-17)15-21-9-11-22(12-10-21)19(24)20(7-1-2-8-20)18-6-4-14-26-18/h3-6,13-14,16,23H,1-2,7-12,15H2/t16-/m1/s1. The Morgan fingerprint density at radius 1 is 1.08 bits per heavy atom. The van der Waals surface area contributed by atoms with Crippen molar-refractivity contribution in [1.82, 2.24) is 9.80 Å². The lowest BCUT2D eigenvalue weighted by Gasteiger charge is -2.40. The van der Waals surface area contributed by atoms with Gasteiger partial charge in [0.2, 0.25) is 5.91 Å². The summed E-state index contributed by atoms with van der Waals surface area (Å²) >= 11 is 3.33. The van der Waals surface area contributed by atoms with E-state index >= 15 is 0 Å². The van der Waals surface area contributed by atoms with Crippen LogP contribution in [0.1, 0.15) is 41.5 Å². The van der Waals surface area contributed by atoms with Gasteiger partial charge in [-0.2, -0.15) is 0 Å². The maximum Gasteiger partial charge on any atom is 0.234 e. The van der Waals surface area contributed by atoms with Crippen LogP contribution in [0.5, 0.6) is 0 Å². The Hall–Kier alpha value is -1.21. The number of thiophene rings is 2. The normalized spacial score (nSPS) is 21.8. The van der Waals surface area contributed by atoms with Gasteiger partial charge < -0.3 is 10.0 Å². The molecule has 0 spiro atoms. The highest BCUT2D eigenvalue weighted by molar-refractivity contribution is 7.10. The molecule has 6 heteroatoms. The van der Waals surface area contributed by atoms with Gasteiger partial charge >= 0.3 is 0 Å². The lowest BCUT2D eigenvalue weighted by Crippen LogP contribution is -2.54. The van der Waals surface area contributed by atoms with Crippen LogP contribution in [0, 0.1) is 0 Å². The van der Waals surface area contributed by atoms with Crippen molar-refractivity contribution in [3.05, 3.63) is 44.8 Å². The molecule has 1 aliphatic carbocycles. The van der Waals surface area contributed by atoms with E-state index in [0.29, 0.717) is 12.5 Å². The van der Waals surface area contributed by atoms with Crippen LogP contribution in [0.3, 0.4) is 0 Å². The third kappa shape index (κ3) is 3.48. The fourth-order valence-electron chi connectivity index (χ4n) is 4.35. The lowest BCUT2D eigenvalue weighted by atomic mass is 9.82. The third-order valence-corrected chi connectivity index (χ3v) is 7.87. The Balaban J connectivity index is 1.37. The summed E-state index contributed by atoms with van der Waals surface area (Å²) in [6.45, 7) is 3.87. The highest BCUT2D eigenvalue weighted by atomic mass is 32.1. The fourth-order valence-corrected chi connectivity index (χ4v) is 6.03. The van der Waals surface area contributed by atoms with Crippen LogP contribution in [0.4, 0.5) is 0 Å². The molecule has 1 N–H and O–H groups in total. The van der Waals surface area contributed by atoms with Crippen LogP contribution in [-0.2, 0) is 10.2 Å². The predicted octanol–water partition coefficient (Wildman–Crippen LogP) is 3.50. The van der Waals surface area contributed by atoms with Crippen LogP contribution in [0.15, 0.2) is 35.0 Å². The van der Waals surface area contributed by atoms with Crippen LogP contribution < -0.4 is 0 Å². The number of piperazine rings is 1. The van der Waals surface area contributed by atoms with Gasteiger partial charge in [0.25, 0.3) is 0 Å². The number of hydrogen-bond donors (Lipinski definition) is 1. The zero-order valence-electron chi connectivity index (χ0n) is 15.0. The van der Waals surface area contributed by atoms with Crippen molar-refractivity contribution in [3.8, 4) is 0 Å². The van der Waals surface area contributed by atoms with Crippen LogP contribution in [0.25, 0.3) is 0 Å². The summed E-state index contributed by atoms with van der Waals surface area (Å²) in [6.07, 6.45) is 3.85. The molecule has 0 bridgehead atoms. The molecule has 0 aromatic carbocycles. The zero-order chi connectivity index (χ0) is 18.0. The van der Waals surface area contributed by atoms with E-state index in [9.17, 15) is 9.90 Å². The van der Waals surface area contributed by atoms with E-state index in [-0.39, 0.29) is 5.41 Å². The number of carbonyl (C=O) groups is 1. The SMILES string of the molecule is O=C(N1CCN(C[C@@H](O)c2cccs2)CC1)C1(c2cccs2)CCCC1. The lowest BCUT2D eigenvalue weighted by molar-refractivity contribution is -0.139. The molecule has 0 radical (unpaired) electrons. The molecular formula is C20H26N2O2S2. The number of carbonyl (C=O) groups excluding carboxylic acids is 1. The fraction of sp³-hybridized carbons (Fsp3) is 0.550. The minimum atomic E-state index is -0.426. The highest BCUT2D eigenvalue weighted by Gasteiger charge is 2.46. The first-order valence-electron chi connectivity index (χ1n) is 9.46. The molecule has 0 unspecified atom stereocenters. The molecule has 4 nitrogen and oxygen atoms in total. The summed E-state index contributed by atoms with van der Waals surface area (Å²) in [7, 11) is 0. The minimum absolute atomic E-state index is 0.271. The number of β-amino-alcohol motifs (C(OH)–C–C–N with tert-alkyl or cyclic N) is 1. The smallest absolute Gasteiger partial charge is 0.234 e. The summed E-state index contributed by atoms with van der Waals surface area (Å²) in [5, 5.41) is 14.5. The number of hydrogen-bond acceptors (Lipinski definition) is 5. The summed E-state index contributed by atoms with van der Waals surface area (Å²) < 4.78 is 0. The van der Waals surface area contributed by atoms with E-state index in [0.717, 1.165) is 56.7 Å². The van der Waals surface area contributed by atoms with Gasteiger partial charge in [-0.25, -0.2) is 0 Å². The molecule has 3 heterocycles. The second-order valence-corrected chi connectivity index (χ2v) is 9.32. The molecule has 2 aromatic rings. The van der Waals surface area contributed by atoms with Crippen LogP contribution in [0.2, 0.25) is 0 Å². The molecule has 1 saturated carbocycles. The van der Waals surface area contributed by atoms with E-state index in [1.165, 1.54) is 4.88 Å². The Labute approximate surface area is 163 Å². The van der Waals surface area contributed by atoms with Crippen molar-refractivity contribution in [2.45, 2.75) is 37.2 Å².